The van der Waals surface area contributed by atoms with Gasteiger partial charge in [0.05, 0.1) is 0 Å². The highest BCUT2D eigenvalue weighted by molar-refractivity contribution is 7.73. The van der Waals surface area contributed by atoms with Gasteiger partial charge in [-0.15, -0.1) is 0 Å². The second-order valence-electron chi connectivity index (χ2n) is 6.35. The molecular formula is C20H25P. The van der Waals surface area contributed by atoms with Gasteiger partial charge in [-0.05, 0) is 42.4 Å². The summed E-state index contributed by atoms with van der Waals surface area (Å²) in [5.74, 6) is 1.77. The van der Waals surface area contributed by atoms with E-state index in [2.05, 4.69) is 74.5 Å². The smallest absolute Gasteiger partial charge is 0.0126 e. The Hall–Kier alpha value is -1.13. The van der Waals surface area contributed by atoms with E-state index in [9.17, 15) is 0 Å². The summed E-state index contributed by atoms with van der Waals surface area (Å²) in [6, 6.07) is 22.3. The maximum atomic E-state index is 2.50. The molecule has 21 heavy (non-hydrogen) atoms. The lowest BCUT2D eigenvalue weighted by molar-refractivity contribution is 0.414. The molecule has 3 unspecified atom stereocenters. The fourth-order valence-electron chi connectivity index (χ4n) is 3.88. The lowest BCUT2D eigenvalue weighted by atomic mass is 9.95. The van der Waals surface area contributed by atoms with Gasteiger partial charge in [-0.2, -0.15) is 0 Å². The first-order valence-electron chi connectivity index (χ1n) is 8.16. The molecule has 3 atom stereocenters. The van der Waals surface area contributed by atoms with Crippen molar-refractivity contribution in [2.24, 2.45) is 11.8 Å². The van der Waals surface area contributed by atoms with Gasteiger partial charge in [0.1, 0.15) is 0 Å². The first-order chi connectivity index (χ1) is 10.3. The maximum absolute atomic E-state index is 2.50. The van der Waals surface area contributed by atoms with E-state index >= 15 is 0 Å². The minimum absolute atomic E-state index is 0.250. The second kappa shape index (κ2) is 6.75. The lowest BCUT2D eigenvalue weighted by Crippen LogP contribution is -2.27. The van der Waals surface area contributed by atoms with Crippen molar-refractivity contribution in [1.29, 1.82) is 0 Å². The molecule has 0 amide bonds. The van der Waals surface area contributed by atoms with Crippen LogP contribution in [0.4, 0.5) is 0 Å². The van der Waals surface area contributed by atoms with Gasteiger partial charge >= 0.3 is 0 Å². The van der Waals surface area contributed by atoms with Crippen LogP contribution in [0.5, 0.6) is 0 Å². The summed E-state index contributed by atoms with van der Waals surface area (Å²) < 4.78 is 0. The van der Waals surface area contributed by atoms with E-state index in [4.69, 9.17) is 0 Å². The molecule has 0 N–H and O–H groups in total. The van der Waals surface area contributed by atoms with Crippen LogP contribution >= 0.6 is 7.92 Å². The molecule has 0 heterocycles. The lowest BCUT2D eigenvalue weighted by Gasteiger charge is -2.32. The first kappa shape index (κ1) is 14.8. The van der Waals surface area contributed by atoms with Crippen LogP contribution in [0.3, 0.4) is 0 Å². The molecule has 1 fully saturated rings. The van der Waals surface area contributed by atoms with Gasteiger partial charge in [0.25, 0.3) is 0 Å². The largest absolute Gasteiger partial charge is 0.0622 e. The third kappa shape index (κ3) is 3.22. The van der Waals surface area contributed by atoms with E-state index in [-0.39, 0.29) is 7.92 Å². The molecule has 0 aliphatic heterocycles. The normalized spacial score (nSPS) is 23.4. The zero-order chi connectivity index (χ0) is 14.7. The highest BCUT2D eigenvalue weighted by Gasteiger charge is 2.33. The molecule has 0 bridgehead atoms. The second-order valence-corrected chi connectivity index (χ2v) is 8.94. The quantitative estimate of drug-likeness (QED) is 0.701. The molecule has 2 aromatic carbocycles. The predicted octanol–water partition coefficient (Wildman–Crippen LogP) is 4.94. The molecule has 0 spiro atoms. The van der Waals surface area contributed by atoms with Gasteiger partial charge < -0.3 is 0 Å². The fraction of sp³-hybridized carbons (Fsp3) is 0.400. The van der Waals surface area contributed by atoms with Gasteiger partial charge in [0.15, 0.2) is 0 Å². The summed E-state index contributed by atoms with van der Waals surface area (Å²) in [6.07, 6.45) is 4.26. The monoisotopic (exact) mass is 296 g/mol. The van der Waals surface area contributed by atoms with E-state index in [1.54, 1.807) is 0 Å². The number of hydrogen-bond acceptors (Lipinski definition) is 0. The molecule has 0 nitrogen and oxygen atoms in total. The number of rotatable bonds is 4. The highest BCUT2D eigenvalue weighted by atomic mass is 31.1. The molecule has 0 aromatic heterocycles. The van der Waals surface area contributed by atoms with Crippen molar-refractivity contribution in [2.75, 3.05) is 0 Å². The number of hydrogen-bond donors (Lipinski definition) is 0. The van der Waals surface area contributed by atoms with E-state index in [0.29, 0.717) is 0 Å². The zero-order valence-corrected chi connectivity index (χ0v) is 14.0. The zero-order valence-electron chi connectivity index (χ0n) is 13.1. The van der Waals surface area contributed by atoms with Crippen LogP contribution in [-0.2, 0) is 0 Å². The van der Waals surface area contributed by atoms with Crippen LogP contribution in [0.1, 0.15) is 33.1 Å². The van der Waals surface area contributed by atoms with E-state index in [1.807, 2.05) is 0 Å². The Labute approximate surface area is 130 Å². The van der Waals surface area contributed by atoms with Gasteiger partial charge in [0, 0.05) is 0 Å². The summed E-state index contributed by atoms with van der Waals surface area (Å²) in [5.41, 5.74) is 0.766. The van der Waals surface area contributed by atoms with E-state index in [0.717, 1.165) is 17.5 Å². The molecule has 2 aromatic rings. The van der Waals surface area contributed by atoms with Crippen LogP contribution in [0, 0.1) is 11.8 Å². The molecule has 1 saturated carbocycles. The third-order valence-electron chi connectivity index (χ3n) is 5.02. The Balaban J connectivity index is 1.96. The summed E-state index contributed by atoms with van der Waals surface area (Å²) in [4.78, 5) is 0. The van der Waals surface area contributed by atoms with Crippen molar-refractivity contribution < 1.29 is 0 Å². The van der Waals surface area contributed by atoms with Crippen molar-refractivity contribution in [3.63, 3.8) is 0 Å². The van der Waals surface area contributed by atoms with Crippen LogP contribution in [0.15, 0.2) is 60.7 Å². The minimum atomic E-state index is -0.250. The van der Waals surface area contributed by atoms with E-state index in [1.165, 1.54) is 29.9 Å². The average Bonchev–Trinajstić information content (AvgIpc) is 2.96. The van der Waals surface area contributed by atoms with Gasteiger partial charge in [-0.1, -0.05) is 87.4 Å². The standard InChI is InChI=1S/C20H25P/c1-16-10-9-15-20(16)17(2)21(18-11-5-3-6-12-18)19-13-7-4-8-14-19/h3-8,11-14,16-17,20H,9-10,15H2,1-2H3. The van der Waals surface area contributed by atoms with Crippen molar-refractivity contribution in [3.8, 4) is 0 Å². The Morgan fingerprint density at radius 2 is 1.38 bits per heavy atom. The Morgan fingerprint density at radius 3 is 1.81 bits per heavy atom. The van der Waals surface area contributed by atoms with Crippen LogP contribution in [0.2, 0.25) is 0 Å². The van der Waals surface area contributed by atoms with Crippen LogP contribution < -0.4 is 10.6 Å². The fourth-order valence-corrected chi connectivity index (χ4v) is 6.93. The molecule has 1 aliphatic rings. The summed E-state index contributed by atoms with van der Waals surface area (Å²) in [5, 5.41) is 3.07. The van der Waals surface area contributed by atoms with Crippen molar-refractivity contribution >= 4 is 18.5 Å². The topological polar surface area (TPSA) is 0 Å². The van der Waals surface area contributed by atoms with Gasteiger partial charge in [0.2, 0.25) is 0 Å². The minimum Gasteiger partial charge on any atom is -0.0622 e. The summed E-state index contributed by atoms with van der Waals surface area (Å²) in [6.45, 7) is 4.95. The Morgan fingerprint density at radius 1 is 0.857 bits per heavy atom. The first-order valence-corrected chi connectivity index (χ1v) is 9.58. The molecule has 0 radical (unpaired) electrons. The predicted molar refractivity (Wildman–Crippen MR) is 95.0 cm³/mol. The Bertz CT molecular complexity index is 509. The summed E-state index contributed by atoms with van der Waals surface area (Å²) >= 11 is 0. The van der Waals surface area contributed by atoms with Gasteiger partial charge in [-0.25, -0.2) is 0 Å². The molecule has 1 heteroatoms. The van der Waals surface area contributed by atoms with Crippen molar-refractivity contribution in [1.82, 2.24) is 0 Å². The van der Waals surface area contributed by atoms with E-state index < -0.39 is 0 Å². The number of benzene rings is 2. The SMILES string of the molecule is CC1CCCC1C(C)P(c1ccccc1)c1ccccc1. The third-order valence-corrected chi connectivity index (χ3v) is 7.93. The van der Waals surface area contributed by atoms with Crippen LogP contribution in [-0.4, -0.2) is 5.66 Å². The average molecular weight is 296 g/mol. The summed E-state index contributed by atoms with van der Waals surface area (Å²) in [7, 11) is -0.250. The van der Waals surface area contributed by atoms with Crippen molar-refractivity contribution in [3.05, 3.63) is 60.7 Å². The molecule has 0 saturated heterocycles. The Kier molecular flexibility index (Phi) is 4.76. The maximum Gasteiger partial charge on any atom is -0.0126 e. The molecule has 1 aliphatic carbocycles. The van der Waals surface area contributed by atoms with Gasteiger partial charge in [-0.3, -0.25) is 0 Å². The van der Waals surface area contributed by atoms with Crippen molar-refractivity contribution in [2.45, 2.75) is 38.8 Å². The molecule has 3 rings (SSSR count). The molecule has 110 valence electrons. The molecular weight excluding hydrogens is 271 g/mol. The highest BCUT2D eigenvalue weighted by Crippen LogP contribution is 2.49. The van der Waals surface area contributed by atoms with Crippen LogP contribution in [0.25, 0.3) is 0 Å².